The van der Waals surface area contributed by atoms with Crippen molar-refractivity contribution >= 4 is 28.4 Å². The smallest absolute Gasteiger partial charge is 0.311 e. The summed E-state index contributed by atoms with van der Waals surface area (Å²) in [5.41, 5.74) is 4.73. The van der Waals surface area contributed by atoms with Crippen LogP contribution in [0.4, 0.5) is 11.4 Å². The number of oxazole rings is 1. The second kappa shape index (κ2) is 7.91. The van der Waals surface area contributed by atoms with Gasteiger partial charge in [0.05, 0.1) is 12.0 Å². The van der Waals surface area contributed by atoms with Crippen LogP contribution in [-0.4, -0.2) is 22.9 Å². The second-order valence-corrected chi connectivity index (χ2v) is 7.10. The Kier molecular flexibility index (Phi) is 5.12. The number of aryl methyl sites for hydroxylation is 2. The maximum Gasteiger partial charge on any atom is 0.311 e. The lowest BCUT2D eigenvalue weighted by molar-refractivity contribution is -0.385. The summed E-state index contributed by atoms with van der Waals surface area (Å²) in [5.74, 6) is 0.0970. The van der Waals surface area contributed by atoms with Crippen molar-refractivity contribution in [2.75, 3.05) is 12.4 Å². The third kappa shape index (κ3) is 3.95. The van der Waals surface area contributed by atoms with Crippen LogP contribution in [0.1, 0.15) is 21.5 Å². The second-order valence-electron chi connectivity index (χ2n) is 7.10. The van der Waals surface area contributed by atoms with E-state index in [1.165, 1.54) is 30.9 Å². The van der Waals surface area contributed by atoms with Crippen LogP contribution < -0.4 is 10.1 Å². The number of rotatable bonds is 5. The minimum atomic E-state index is -0.592. The number of carbonyl (C=O) groups excluding carboxylic acids is 1. The SMILES string of the molecule is COc1ccc(C(=O)Nc2ccc3oc(-c4ccc(C)c(C)c4)nc3c2)cc1[N+](=O)[O-]. The molecule has 0 fully saturated rings. The lowest BCUT2D eigenvalue weighted by Gasteiger charge is -2.06. The van der Waals surface area contributed by atoms with E-state index in [-0.39, 0.29) is 17.0 Å². The molecule has 1 amide bonds. The van der Waals surface area contributed by atoms with Crippen LogP contribution in [-0.2, 0) is 0 Å². The molecule has 4 rings (SSSR count). The molecule has 0 spiro atoms. The molecule has 4 aromatic rings. The maximum atomic E-state index is 12.6. The van der Waals surface area contributed by atoms with Crippen LogP contribution in [0.25, 0.3) is 22.6 Å². The lowest BCUT2D eigenvalue weighted by Crippen LogP contribution is -2.12. The van der Waals surface area contributed by atoms with Crippen molar-refractivity contribution < 1.29 is 18.9 Å². The molecule has 0 unspecified atom stereocenters. The minimum Gasteiger partial charge on any atom is -0.490 e. The Hall–Kier alpha value is -4.20. The fraction of sp³-hybridized carbons (Fsp3) is 0.130. The van der Waals surface area contributed by atoms with Crippen LogP contribution in [0.15, 0.2) is 59.0 Å². The topological polar surface area (TPSA) is 108 Å². The summed E-state index contributed by atoms with van der Waals surface area (Å²) in [6, 6.07) is 15.1. The third-order valence-electron chi connectivity index (χ3n) is 5.04. The van der Waals surface area contributed by atoms with Gasteiger partial charge in [0.15, 0.2) is 11.3 Å². The summed E-state index contributed by atoms with van der Waals surface area (Å²) in [7, 11) is 1.33. The monoisotopic (exact) mass is 417 g/mol. The van der Waals surface area contributed by atoms with Crippen LogP contribution in [0, 0.1) is 24.0 Å². The fourth-order valence-electron chi connectivity index (χ4n) is 3.18. The van der Waals surface area contributed by atoms with Gasteiger partial charge in [-0.25, -0.2) is 4.98 Å². The predicted octanol–water partition coefficient (Wildman–Crippen LogP) is 5.28. The van der Waals surface area contributed by atoms with Crippen molar-refractivity contribution in [3.05, 3.63) is 81.4 Å². The van der Waals surface area contributed by atoms with Gasteiger partial charge >= 0.3 is 5.69 Å². The predicted molar refractivity (Wildman–Crippen MR) is 117 cm³/mol. The lowest BCUT2D eigenvalue weighted by atomic mass is 10.1. The summed E-state index contributed by atoms with van der Waals surface area (Å²) in [6.45, 7) is 4.07. The zero-order valence-corrected chi connectivity index (χ0v) is 17.1. The number of nitrogens with one attached hydrogen (secondary N) is 1. The highest BCUT2D eigenvalue weighted by atomic mass is 16.6. The Bertz CT molecular complexity index is 1330. The largest absolute Gasteiger partial charge is 0.490 e. The van der Waals surface area contributed by atoms with E-state index in [9.17, 15) is 14.9 Å². The highest BCUT2D eigenvalue weighted by molar-refractivity contribution is 6.05. The third-order valence-corrected chi connectivity index (χ3v) is 5.04. The summed E-state index contributed by atoms with van der Waals surface area (Å²) in [6.07, 6.45) is 0. The van der Waals surface area contributed by atoms with E-state index in [1.807, 2.05) is 32.0 Å². The molecule has 0 bridgehead atoms. The summed E-state index contributed by atoms with van der Waals surface area (Å²) < 4.78 is 10.8. The van der Waals surface area contributed by atoms with Crippen molar-refractivity contribution in [1.82, 2.24) is 4.98 Å². The number of hydrogen-bond donors (Lipinski definition) is 1. The van der Waals surface area contributed by atoms with Crippen molar-refractivity contribution in [3.8, 4) is 17.2 Å². The van der Waals surface area contributed by atoms with Gasteiger partial charge in [-0.1, -0.05) is 6.07 Å². The van der Waals surface area contributed by atoms with Gasteiger partial charge < -0.3 is 14.5 Å². The molecule has 1 heterocycles. The fourth-order valence-corrected chi connectivity index (χ4v) is 3.18. The van der Waals surface area contributed by atoms with E-state index in [0.717, 1.165) is 11.1 Å². The van der Waals surface area contributed by atoms with Crippen LogP contribution in [0.2, 0.25) is 0 Å². The van der Waals surface area contributed by atoms with E-state index in [4.69, 9.17) is 9.15 Å². The van der Waals surface area contributed by atoms with Gasteiger partial charge in [0.2, 0.25) is 5.89 Å². The standard InChI is InChI=1S/C23H19N3O5/c1-13-4-5-16(10-14(13)2)23-25-18-12-17(7-9-20(18)31-23)24-22(27)15-6-8-21(30-3)19(11-15)26(28)29/h4-12H,1-3H3,(H,24,27). The van der Waals surface area contributed by atoms with E-state index < -0.39 is 10.8 Å². The summed E-state index contributed by atoms with van der Waals surface area (Å²) in [5, 5.41) is 13.9. The Morgan fingerprint density at radius 1 is 1.06 bits per heavy atom. The Balaban J connectivity index is 1.60. The number of anilines is 1. The number of hydrogen-bond acceptors (Lipinski definition) is 6. The van der Waals surface area contributed by atoms with Gasteiger partial charge in [0.1, 0.15) is 5.52 Å². The van der Waals surface area contributed by atoms with Crippen molar-refractivity contribution in [1.29, 1.82) is 0 Å². The van der Waals surface area contributed by atoms with Gasteiger partial charge in [0.25, 0.3) is 5.91 Å². The number of nitrogens with zero attached hydrogens (tertiary/aromatic N) is 2. The van der Waals surface area contributed by atoms with Gasteiger partial charge in [-0.15, -0.1) is 0 Å². The highest BCUT2D eigenvalue weighted by Gasteiger charge is 2.18. The molecule has 0 aliphatic carbocycles. The number of ether oxygens (including phenoxy) is 1. The molecule has 8 heteroatoms. The molecule has 0 saturated carbocycles. The molecule has 1 N–H and O–H groups in total. The molecule has 1 aromatic heterocycles. The molecule has 0 aliphatic rings. The van der Waals surface area contributed by atoms with Gasteiger partial charge in [-0.3, -0.25) is 14.9 Å². The van der Waals surface area contributed by atoms with Gasteiger partial charge in [-0.05, 0) is 67.4 Å². The number of benzene rings is 3. The number of nitro groups is 1. The molecule has 156 valence electrons. The number of fused-ring (bicyclic) bond motifs is 1. The molecule has 0 saturated heterocycles. The summed E-state index contributed by atoms with van der Waals surface area (Å²) >= 11 is 0. The Morgan fingerprint density at radius 2 is 1.87 bits per heavy atom. The molecule has 31 heavy (non-hydrogen) atoms. The maximum absolute atomic E-state index is 12.6. The number of aromatic nitrogens is 1. The zero-order valence-electron chi connectivity index (χ0n) is 17.1. The average Bonchev–Trinajstić information content (AvgIpc) is 3.18. The van der Waals surface area contributed by atoms with E-state index >= 15 is 0 Å². The average molecular weight is 417 g/mol. The first kappa shape index (κ1) is 20.1. The minimum absolute atomic E-state index is 0.0874. The van der Waals surface area contributed by atoms with Gasteiger partial charge in [0, 0.05) is 22.9 Å². The normalized spacial score (nSPS) is 10.8. The van der Waals surface area contributed by atoms with E-state index in [2.05, 4.69) is 10.3 Å². The van der Waals surface area contributed by atoms with Crippen molar-refractivity contribution in [2.45, 2.75) is 13.8 Å². The number of nitro benzene ring substituents is 1. The van der Waals surface area contributed by atoms with Crippen LogP contribution >= 0.6 is 0 Å². The Morgan fingerprint density at radius 3 is 2.58 bits per heavy atom. The van der Waals surface area contributed by atoms with Gasteiger partial charge in [-0.2, -0.15) is 0 Å². The highest BCUT2D eigenvalue weighted by Crippen LogP contribution is 2.29. The molecule has 0 atom stereocenters. The number of methoxy groups -OCH3 is 1. The number of amides is 1. The molecular formula is C23H19N3O5. The first-order valence-electron chi connectivity index (χ1n) is 9.47. The molecule has 0 aliphatic heterocycles. The zero-order chi connectivity index (χ0) is 22.1. The Labute approximate surface area is 177 Å². The van der Waals surface area contributed by atoms with E-state index in [0.29, 0.717) is 22.7 Å². The first-order valence-corrected chi connectivity index (χ1v) is 9.47. The van der Waals surface area contributed by atoms with Crippen LogP contribution in [0.5, 0.6) is 5.75 Å². The number of carbonyl (C=O) groups is 1. The molecule has 8 nitrogen and oxygen atoms in total. The van der Waals surface area contributed by atoms with Crippen molar-refractivity contribution in [2.24, 2.45) is 0 Å². The van der Waals surface area contributed by atoms with Crippen molar-refractivity contribution in [3.63, 3.8) is 0 Å². The van der Waals surface area contributed by atoms with E-state index in [1.54, 1.807) is 18.2 Å². The quantitative estimate of drug-likeness (QED) is 0.350. The molecule has 0 radical (unpaired) electrons. The summed E-state index contributed by atoms with van der Waals surface area (Å²) in [4.78, 5) is 27.7. The molecular weight excluding hydrogens is 398 g/mol. The first-order chi connectivity index (χ1) is 14.9. The molecule has 3 aromatic carbocycles. The van der Waals surface area contributed by atoms with Crippen LogP contribution in [0.3, 0.4) is 0 Å².